The standard InChI is InChI=1S/C81H80N4/c1-53-9-25-61(26-10-53)82(62-27-11-54(2)12-28-62)69-41-45-73-74-46-42-70(83(63-29-13-55(3)14-30-63)64-31-15-56(4)16-32-64)50-78(74)81(77(73)49-69)79-51-71(84(65-33-17-57(5)18-34-65)66-35-19-58(6)20-36-66)43-47-75(79)76-48-44-72(52-80(76)81)85(67-37-21-59(7)22-38-67)68-39-23-60(8)24-40-68/h9-11,13-15,17-19,21-23,25-27,29-31,33-35,37-39,41-42,45-46,49-52H,12,16,20,24,28,32,36,40,43-44,47-48H2,1-8H3. The van der Waals surface area contributed by atoms with Gasteiger partial charge in [-0.25, -0.2) is 0 Å². The smallest absolute Gasteiger partial charge is 0.0721 e. The molecular weight excluding hydrogens is 1030 g/mol. The first-order chi connectivity index (χ1) is 41.4. The molecule has 0 unspecified atom stereocenters. The van der Waals surface area contributed by atoms with Gasteiger partial charge >= 0.3 is 0 Å². The van der Waals surface area contributed by atoms with Crippen LogP contribution in [-0.4, -0.2) is 0 Å². The van der Waals surface area contributed by atoms with Crippen LogP contribution in [0.5, 0.6) is 0 Å². The SMILES string of the molecule is CC1=CC=C(N(C2=CC3=C(CC2)C2=C(C=C(N(C4=CC=C(C)CC4)c4ccc(C)cc4)CC2)C32c3cc(N(C4=CC=C(C)CC4)c4ccc(C)cc4)ccc3-c3ccc(N(C4=CC=C(C)CC4)c4ccc(C)cc4)cc32)c2ccc(C)cc2)CC1. The molecule has 6 aromatic carbocycles. The summed E-state index contributed by atoms with van der Waals surface area (Å²) in [6.07, 6.45) is 36.4. The Morgan fingerprint density at radius 3 is 0.824 bits per heavy atom. The highest BCUT2D eigenvalue weighted by Crippen LogP contribution is 2.66. The van der Waals surface area contributed by atoms with Gasteiger partial charge in [-0.15, -0.1) is 0 Å². The largest absolute Gasteiger partial charge is 0.318 e. The number of nitrogens with zero attached hydrogens (tertiary/aromatic N) is 4. The second-order valence-electron chi connectivity index (χ2n) is 25.6. The van der Waals surface area contributed by atoms with E-state index in [-0.39, 0.29) is 0 Å². The number of anilines is 6. The first-order valence-corrected chi connectivity index (χ1v) is 31.5. The van der Waals surface area contributed by atoms with Gasteiger partial charge in [0.25, 0.3) is 0 Å². The second kappa shape index (κ2) is 22.1. The van der Waals surface area contributed by atoms with E-state index in [0.29, 0.717) is 0 Å². The summed E-state index contributed by atoms with van der Waals surface area (Å²) in [7, 11) is 0. The van der Waals surface area contributed by atoms with Crippen molar-refractivity contribution < 1.29 is 0 Å². The third-order valence-corrected chi connectivity index (χ3v) is 19.6. The van der Waals surface area contributed by atoms with Gasteiger partial charge in [0.1, 0.15) is 0 Å². The zero-order valence-corrected chi connectivity index (χ0v) is 51.2. The van der Waals surface area contributed by atoms with Gasteiger partial charge in [0.2, 0.25) is 0 Å². The molecule has 424 valence electrons. The van der Waals surface area contributed by atoms with Crippen LogP contribution in [0.2, 0.25) is 0 Å². The van der Waals surface area contributed by atoms with Crippen molar-refractivity contribution in [1.29, 1.82) is 0 Å². The first kappa shape index (κ1) is 54.3. The summed E-state index contributed by atoms with van der Waals surface area (Å²) in [4.78, 5) is 10.5. The molecule has 8 aliphatic carbocycles. The minimum atomic E-state index is -0.668. The van der Waals surface area contributed by atoms with Crippen molar-refractivity contribution in [2.75, 3.05) is 19.6 Å². The van der Waals surface area contributed by atoms with Crippen molar-refractivity contribution >= 4 is 34.1 Å². The van der Waals surface area contributed by atoms with Crippen LogP contribution in [0.1, 0.15) is 138 Å². The molecule has 85 heavy (non-hydrogen) atoms. The fraction of sp³-hybridized carbons (Fsp3) is 0.259. The van der Waals surface area contributed by atoms with Crippen molar-refractivity contribution in [1.82, 2.24) is 0 Å². The van der Waals surface area contributed by atoms with Gasteiger partial charge in [-0.05, 0) is 286 Å². The average Bonchev–Trinajstić information content (AvgIpc) is 1.53. The maximum absolute atomic E-state index is 2.72. The number of rotatable bonds is 12. The third-order valence-electron chi connectivity index (χ3n) is 19.6. The number of allylic oxidation sites excluding steroid dienone is 24. The van der Waals surface area contributed by atoms with E-state index in [1.165, 1.54) is 157 Å². The lowest BCUT2D eigenvalue weighted by molar-refractivity contribution is 0.738. The Morgan fingerprint density at radius 2 is 0.529 bits per heavy atom. The molecule has 0 saturated heterocycles. The summed E-state index contributed by atoms with van der Waals surface area (Å²) in [5.41, 5.74) is 36.9. The molecule has 0 atom stereocenters. The fourth-order valence-electron chi connectivity index (χ4n) is 14.8. The molecule has 0 N–H and O–H groups in total. The molecule has 0 fully saturated rings. The molecule has 0 heterocycles. The molecule has 4 heteroatoms. The second-order valence-corrected chi connectivity index (χ2v) is 25.6. The Morgan fingerprint density at radius 1 is 0.259 bits per heavy atom. The number of aryl methyl sites for hydroxylation is 4. The zero-order valence-electron chi connectivity index (χ0n) is 51.2. The lowest BCUT2D eigenvalue weighted by Crippen LogP contribution is -2.32. The van der Waals surface area contributed by atoms with Crippen molar-refractivity contribution in [2.45, 2.75) is 138 Å². The monoisotopic (exact) mass is 1110 g/mol. The average molecular weight is 1110 g/mol. The molecule has 8 aliphatic rings. The van der Waals surface area contributed by atoms with Gasteiger partial charge in [0, 0.05) is 68.3 Å². The van der Waals surface area contributed by atoms with Gasteiger partial charge in [0.05, 0.1) is 5.41 Å². The number of hydrogen-bond donors (Lipinski definition) is 0. The molecule has 0 bridgehead atoms. The summed E-state index contributed by atoms with van der Waals surface area (Å²) < 4.78 is 0. The van der Waals surface area contributed by atoms with E-state index in [0.717, 1.165) is 77.0 Å². The normalized spacial score (nSPS) is 18.5. The van der Waals surface area contributed by atoms with E-state index in [1.807, 2.05) is 0 Å². The van der Waals surface area contributed by atoms with E-state index in [1.54, 1.807) is 0 Å². The summed E-state index contributed by atoms with van der Waals surface area (Å²) in [6, 6.07) is 52.2. The van der Waals surface area contributed by atoms with Crippen LogP contribution in [0.4, 0.5) is 34.1 Å². The van der Waals surface area contributed by atoms with Crippen molar-refractivity contribution in [3.05, 3.63) is 306 Å². The molecule has 1 spiro atoms. The maximum Gasteiger partial charge on any atom is 0.0721 e. The Hall–Kier alpha value is -8.60. The lowest BCUT2D eigenvalue weighted by atomic mass is 9.67. The van der Waals surface area contributed by atoms with Gasteiger partial charge in [-0.3, -0.25) is 0 Å². The Balaban J connectivity index is 1.07. The zero-order chi connectivity index (χ0) is 58.1. The Kier molecular flexibility index (Phi) is 14.1. The van der Waals surface area contributed by atoms with Crippen LogP contribution in [-0.2, 0) is 5.41 Å². The van der Waals surface area contributed by atoms with Crippen LogP contribution < -0.4 is 19.6 Å². The van der Waals surface area contributed by atoms with Crippen LogP contribution in [0.25, 0.3) is 11.1 Å². The fourth-order valence-corrected chi connectivity index (χ4v) is 14.8. The lowest BCUT2D eigenvalue weighted by Gasteiger charge is -2.39. The van der Waals surface area contributed by atoms with Gasteiger partial charge in [-0.1, -0.05) is 130 Å². The first-order valence-electron chi connectivity index (χ1n) is 31.5. The molecule has 14 rings (SSSR count). The molecule has 0 amide bonds. The predicted molar refractivity (Wildman–Crippen MR) is 360 cm³/mol. The van der Waals surface area contributed by atoms with Crippen LogP contribution >= 0.6 is 0 Å². The van der Waals surface area contributed by atoms with Crippen molar-refractivity contribution in [3.8, 4) is 11.1 Å². The highest BCUT2D eigenvalue weighted by molar-refractivity contribution is 5.94. The molecule has 0 aliphatic heterocycles. The van der Waals surface area contributed by atoms with Crippen molar-refractivity contribution in [2.24, 2.45) is 0 Å². The minimum Gasteiger partial charge on any atom is -0.318 e. The summed E-state index contributed by atoms with van der Waals surface area (Å²) in [5.74, 6) is 0. The minimum absolute atomic E-state index is 0.668. The third kappa shape index (κ3) is 9.82. The number of benzene rings is 6. The summed E-state index contributed by atoms with van der Waals surface area (Å²) >= 11 is 0. The highest BCUT2D eigenvalue weighted by Gasteiger charge is 2.55. The van der Waals surface area contributed by atoms with E-state index in [9.17, 15) is 0 Å². The van der Waals surface area contributed by atoms with Crippen LogP contribution in [0, 0.1) is 27.7 Å². The van der Waals surface area contributed by atoms with Crippen molar-refractivity contribution in [3.63, 3.8) is 0 Å². The molecule has 0 aromatic heterocycles. The quantitative estimate of drug-likeness (QED) is 0.121. The molecular formula is C81H80N4. The molecule has 4 nitrogen and oxygen atoms in total. The van der Waals surface area contributed by atoms with E-state index in [2.05, 4.69) is 269 Å². The van der Waals surface area contributed by atoms with E-state index < -0.39 is 5.41 Å². The predicted octanol–water partition coefficient (Wildman–Crippen LogP) is 21.9. The van der Waals surface area contributed by atoms with Gasteiger partial charge in [0.15, 0.2) is 0 Å². The van der Waals surface area contributed by atoms with Gasteiger partial charge < -0.3 is 19.6 Å². The maximum atomic E-state index is 2.72. The van der Waals surface area contributed by atoms with Gasteiger partial charge in [-0.2, -0.15) is 0 Å². The topological polar surface area (TPSA) is 13.0 Å². The summed E-state index contributed by atoms with van der Waals surface area (Å²) in [5, 5.41) is 0. The van der Waals surface area contributed by atoms with E-state index in [4.69, 9.17) is 0 Å². The van der Waals surface area contributed by atoms with E-state index >= 15 is 0 Å². The van der Waals surface area contributed by atoms with Crippen LogP contribution in [0.15, 0.2) is 273 Å². The Bertz CT molecular complexity index is 3840. The Labute approximate surface area is 506 Å². The molecule has 6 aromatic rings. The summed E-state index contributed by atoms with van der Waals surface area (Å²) in [6.45, 7) is 17.9. The number of fused-ring (bicyclic) bond motifs is 8. The molecule has 0 radical (unpaired) electrons. The highest BCUT2D eigenvalue weighted by atomic mass is 15.2. The van der Waals surface area contributed by atoms with Crippen LogP contribution in [0.3, 0.4) is 0 Å². The molecule has 0 saturated carbocycles. The number of hydrogen-bond acceptors (Lipinski definition) is 4.